The molecule has 100 valence electrons. The van der Waals surface area contributed by atoms with Gasteiger partial charge in [0.1, 0.15) is 5.75 Å². The molecule has 19 heavy (non-hydrogen) atoms. The van der Waals surface area contributed by atoms with Crippen molar-refractivity contribution in [3.63, 3.8) is 0 Å². The van der Waals surface area contributed by atoms with Gasteiger partial charge in [-0.05, 0) is 41.8 Å². The summed E-state index contributed by atoms with van der Waals surface area (Å²) in [5.74, 6) is 1.52. The van der Waals surface area contributed by atoms with E-state index in [4.69, 9.17) is 4.74 Å². The summed E-state index contributed by atoms with van der Waals surface area (Å²) < 4.78 is 6.72. The molecule has 0 aliphatic rings. The Bertz CT molecular complexity index is 553. The molecule has 0 aliphatic carbocycles. The highest BCUT2D eigenvalue weighted by atomic mass is 79.9. The summed E-state index contributed by atoms with van der Waals surface area (Å²) in [5.41, 5.74) is 1.73. The number of nitrogens with zero attached hydrogens (tertiary/aromatic N) is 1. The fraction of sp³-hybridized carbons (Fsp3) is 0.267. The average Bonchev–Trinajstić information content (AvgIpc) is 2.41. The summed E-state index contributed by atoms with van der Waals surface area (Å²) >= 11 is 3.38. The van der Waals surface area contributed by atoms with E-state index in [-0.39, 0.29) is 6.61 Å². The normalized spacial score (nSPS) is 10.8. The first-order valence-electron chi connectivity index (χ1n) is 6.13. The van der Waals surface area contributed by atoms with E-state index in [1.54, 1.807) is 6.07 Å². The zero-order chi connectivity index (χ0) is 13.8. The molecule has 0 unspecified atom stereocenters. The maximum atomic E-state index is 9.28. The fourth-order valence-corrected chi connectivity index (χ4v) is 1.91. The lowest BCUT2D eigenvalue weighted by Gasteiger charge is -2.11. The molecule has 0 radical (unpaired) electrons. The van der Waals surface area contributed by atoms with Crippen molar-refractivity contribution in [1.82, 2.24) is 4.98 Å². The van der Waals surface area contributed by atoms with Crippen LogP contribution in [0.15, 0.2) is 40.9 Å². The summed E-state index contributed by atoms with van der Waals surface area (Å²) in [7, 11) is 0. The molecule has 1 N–H and O–H groups in total. The Morgan fingerprint density at radius 1 is 1.21 bits per heavy atom. The van der Waals surface area contributed by atoms with Gasteiger partial charge in [0.05, 0.1) is 6.61 Å². The van der Waals surface area contributed by atoms with Gasteiger partial charge in [-0.3, -0.25) is 0 Å². The minimum absolute atomic E-state index is 0.0149. The molecule has 3 nitrogen and oxygen atoms in total. The Labute approximate surface area is 121 Å². The van der Waals surface area contributed by atoms with Crippen LogP contribution < -0.4 is 4.74 Å². The number of aromatic nitrogens is 1. The summed E-state index contributed by atoms with van der Waals surface area (Å²) in [6, 6.07) is 11.2. The molecule has 1 heterocycles. The molecule has 0 aliphatic heterocycles. The van der Waals surface area contributed by atoms with E-state index in [1.807, 2.05) is 30.3 Å². The lowest BCUT2D eigenvalue weighted by Crippen LogP contribution is -1.98. The van der Waals surface area contributed by atoms with Crippen LogP contribution >= 0.6 is 15.9 Å². The van der Waals surface area contributed by atoms with Crippen LogP contribution in [-0.4, -0.2) is 10.1 Å². The third-order valence-electron chi connectivity index (χ3n) is 2.69. The molecule has 0 atom stereocenters. The van der Waals surface area contributed by atoms with Gasteiger partial charge in [-0.1, -0.05) is 29.8 Å². The van der Waals surface area contributed by atoms with E-state index in [0.29, 0.717) is 11.8 Å². The van der Waals surface area contributed by atoms with Gasteiger partial charge in [0.2, 0.25) is 5.88 Å². The van der Waals surface area contributed by atoms with Gasteiger partial charge >= 0.3 is 0 Å². The van der Waals surface area contributed by atoms with Crippen molar-refractivity contribution in [3.05, 3.63) is 52.1 Å². The van der Waals surface area contributed by atoms with Crippen LogP contribution in [0.25, 0.3) is 0 Å². The highest BCUT2D eigenvalue weighted by Gasteiger charge is 2.07. The van der Waals surface area contributed by atoms with Crippen LogP contribution in [0, 0.1) is 0 Å². The quantitative estimate of drug-likeness (QED) is 0.915. The first kappa shape index (κ1) is 14.0. The molecule has 0 fully saturated rings. The lowest BCUT2D eigenvalue weighted by atomic mass is 10.1. The number of benzene rings is 1. The Kier molecular flexibility index (Phi) is 4.56. The third-order valence-corrected chi connectivity index (χ3v) is 3.22. The topological polar surface area (TPSA) is 42.4 Å². The maximum absolute atomic E-state index is 9.28. The molecule has 2 rings (SSSR count). The summed E-state index contributed by atoms with van der Waals surface area (Å²) in [5, 5.41) is 9.28. The van der Waals surface area contributed by atoms with E-state index >= 15 is 0 Å². The second-order valence-corrected chi connectivity index (χ2v) is 5.52. The number of hydrogen-bond acceptors (Lipinski definition) is 3. The molecule has 2 aromatic rings. The van der Waals surface area contributed by atoms with Gasteiger partial charge < -0.3 is 9.84 Å². The van der Waals surface area contributed by atoms with Crippen LogP contribution in [-0.2, 0) is 6.61 Å². The van der Waals surface area contributed by atoms with E-state index in [2.05, 4.69) is 34.8 Å². The predicted octanol–water partition coefficient (Wildman–Crippen LogP) is 4.25. The van der Waals surface area contributed by atoms with Crippen molar-refractivity contribution in [3.8, 4) is 11.6 Å². The van der Waals surface area contributed by atoms with Gasteiger partial charge in [-0.15, -0.1) is 0 Å². The van der Waals surface area contributed by atoms with Crippen molar-refractivity contribution in [2.24, 2.45) is 0 Å². The Hall–Kier alpha value is -1.39. The number of halogens is 1. The Morgan fingerprint density at radius 3 is 2.47 bits per heavy atom. The Morgan fingerprint density at radius 2 is 1.89 bits per heavy atom. The molecule has 4 heteroatoms. The van der Waals surface area contributed by atoms with E-state index in [0.717, 1.165) is 21.5 Å². The second kappa shape index (κ2) is 6.17. The van der Waals surface area contributed by atoms with E-state index in [9.17, 15) is 5.11 Å². The average molecular weight is 322 g/mol. The van der Waals surface area contributed by atoms with Gasteiger partial charge in [-0.25, -0.2) is 4.98 Å². The number of ether oxygens (including phenoxy) is 1. The predicted molar refractivity (Wildman–Crippen MR) is 78.5 cm³/mol. The first-order valence-corrected chi connectivity index (χ1v) is 6.93. The molecular weight excluding hydrogens is 306 g/mol. The van der Waals surface area contributed by atoms with E-state index in [1.165, 1.54) is 0 Å². The number of aliphatic hydroxyl groups is 1. The van der Waals surface area contributed by atoms with Crippen LogP contribution in [0.1, 0.15) is 31.0 Å². The monoisotopic (exact) mass is 321 g/mol. The highest BCUT2D eigenvalue weighted by molar-refractivity contribution is 9.10. The first-order chi connectivity index (χ1) is 9.08. The van der Waals surface area contributed by atoms with Crippen molar-refractivity contribution in [2.75, 3.05) is 0 Å². The SMILES string of the molecule is CC(C)c1cc(CO)cc(Oc2ccc(Br)cc2)n1. The van der Waals surface area contributed by atoms with Crippen LogP contribution in [0.5, 0.6) is 11.6 Å². The zero-order valence-electron chi connectivity index (χ0n) is 10.9. The summed E-state index contributed by atoms with van der Waals surface area (Å²) in [6.45, 7) is 4.11. The van der Waals surface area contributed by atoms with Crippen LogP contribution in [0.4, 0.5) is 0 Å². The second-order valence-electron chi connectivity index (χ2n) is 4.61. The molecule has 0 saturated carbocycles. The van der Waals surface area contributed by atoms with Crippen LogP contribution in [0.3, 0.4) is 0 Å². The highest BCUT2D eigenvalue weighted by Crippen LogP contribution is 2.25. The molecular formula is C15H16BrNO2. The molecule has 1 aromatic heterocycles. The van der Waals surface area contributed by atoms with Gasteiger partial charge in [0.25, 0.3) is 0 Å². The molecule has 0 spiro atoms. The standard InChI is InChI=1S/C15H16BrNO2/c1-10(2)14-7-11(9-18)8-15(17-14)19-13-5-3-12(16)4-6-13/h3-8,10,18H,9H2,1-2H3. The van der Waals surface area contributed by atoms with Crippen molar-refractivity contribution in [2.45, 2.75) is 26.4 Å². The third kappa shape index (κ3) is 3.78. The van der Waals surface area contributed by atoms with E-state index < -0.39 is 0 Å². The number of rotatable bonds is 4. The number of aliphatic hydroxyl groups excluding tert-OH is 1. The minimum Gasteiger partial charge on any atom is -0.439 e. The molecule has 0 saturated heterocycles. The summed E-state index contributed by atoms with van der Waals surface area (Å²) in [4.78, 5) is 4.45. The Balaban J connectivity index is 2.28. The molecule has 0 bridgehead atoms. The maximum Gasteiger partial charge on any atom is 0.219 e. The van der Waals surface area contributed by atoms with Gasteiger partial charge in [0.15, 0.2) is 0 Å². The number of pyridine rings is 1. The minimum atomic E-state index is -0.0149. The van der Waals surface area contributed by atoms with Crippen molar-refractivity contribution >= 4 is 15.9 Å². The van der Waals surface area contributed by atoms with Crippen molar-refractivity contribution in [1.29, 1.82) is 0 Å². The van der Waals surface area contributed by atoms with Gasteiger partial charge in [0, 0.05) is 16.2 Å². The summed E-state index contributed by atoms with van der Waals surface area (Å²) in [6.07, 6.45) is 0. The lowest BCUT2D eigenvalue weighted by molar-refractivity contribution is 0.280. The largest absolute Gasteiger partial charge is 0.439 e. The van der Waals surface area contributed by atoms with Gasteiger partial charge in [-0.2, -0.15) is 0 Å². The smallest absolute Gasteiger partial charge is 0.219 e. The zero-order valence-corrected chi connectivity index (χ0v) is 12.5. The van der Waals surface area contributed by atoms with Crippen LogP contribution in [0.2, 0.25) is 0 Å². The number of hydrogen-bond donors (Lipinski definition) is 1. The fourth-order valence-electron chi connectivity index (χ4n) is 1.64. The van der Waals surface area contributed by atoms with Crippen molar-refractivity contribution < 1.29 is 9.84 Å². The molecule has 1 aromatic carbocycles. The molecule has 0 amide bonds.